The number of benzene rings is 2. The van der Waals surface area contributed by atoms with Gasteiger partial charge < -0.3 is 10.8 Å². The molecule has 0 heterocycles. The van der Waals surface area contributed by atoms with Crippen molar-refractivity contribution in [3.8, 4) is 0 Å². The van der Waals surface area contributed by atoms with Crippen LogP contribution in [0.5, 0.6) is 0 Å². The van der Waals surface area contributed by atoms with Crippen LogP contribution in [-0.2, 0) is 11.2 Å². The maximum absolute atomic E-state index is 13.9. The number of carboxylic acid groups (broad SMARTS) is 1. The highest BCUT2D eigenvalue weighted by molar-refractivity contribution is 5.85. The number of carbonyl (C=O) groups is 1. The molecule has 0 aliphatic carbocycles. The molecule has 2 rings (SSSR count). The van der Waals surface area contributed by atoms with E-state index in [1.165, 1.54) is 18.2 Å². The molecule has 0 unspecified atom stereocenters. The van der Waals surface area contributed by atoms with E-state index in [2.05, 4.69) is 5.73 Å². The molecular weight excluding hydrogens is 285 g/mol. The zero-order valence-electron chi connectivity index (χ0n) is 11.9. The quantitative estimate of drug-likeness (QED) is 0.440. The summed E-state index contributed by atoms with van der Waals surface area (Å²) in [7, 11) is 0. The molecule has 114 valence electrons. The standard InChI is InChI=1S/C16H16FN3O2/c17-12-8-4-5-9-13(12)20(19)14(15(18)16(21)22)10-11-6-2-1-3-7-11/h1-9H,10,18-19H2,(H,21,22)/p+1. The highest BCUT2D eigenvalue weighted by Crippen LogP contribution is 2.22. The number of hydrogen-bond acceptors (Lipinski definition) is 3. The van der Waals surface area contributed by atoms with Crippen molar-refractivity contribution in [3.63, 3.8) is 0 Å². The third kappa shape index (κ3) is 3.49. The number of rotatable bonds is 5. The molecule has 0 aromatic heterocycles. The third-order valence-electron chi connectivity index (χ3n) is 3.22. The molecule has 22 heavy (non-hydrogen) atoms. The number of hydrogen-bond donors (Lipinski definition) is 3. The van der Waals surface area contributed by atoms with Crippen LogP contribution >= 0.6 is 0 Å². The zero-order valence-corrected chi connectivity index (χ0v) is 11.9. The third-order valence-corrected chi connectivity index (χ3v) is 3.22. The molecular formula is C16H17FN3O2+. The van der Waals surface area contributed by atoms with Crippen LogP contribution in [0.3, 0.4) is 0 Å². The van der Waals surface area contributed by atoms with Crippen molar-refractivity contribution in [2.24, 2.45) is 5.84 Å². The van der Waals surface area contributed by atoms with Gasteiger partial charge in [-0.3, -0.25) is 5.01 Å². The van der Waals surface area contributed by atoms with E-state index in [9.17, 15) is 14.3 Å². The van der Waals surface area contributed by atoms with Gasteiger partial charge in [-0.25, -0.2) is 15.0 Å². The van der Waals surface area contributed by atoms with Gasteiger partial charge >= 0.3 is 5.97 Å². The van der Waals surface area contributed by atoms with Gasteiger partial charge in [0.25, 0.3) is 0 Å². The van der Waals surface area contributed by atoms with Gasteiger partial charge in [0.1, 0.15) is 11.5 Å². The van der Waals surface area contributed by atoms with E-state index in [-0.39, 0.29) is 23.5 Å². The Morgan fingerprint density at radius 2 is 1.73 bits per heavy atom. The molecule has 5 nitrogen and oxygen atoms in total. The lowest BCUT2D eigenvalue weighted by Crippen LogP contribution is -2.55. The fourth-order valence-electron chi connectivity index (χ4n) is 2.04. The zero-order chi connectivity index (χ0) is 16.1. The molecule has 0 saturated heterocycles. The Bertz CT molecular complexity index is 702. The number of aliphatic carboxylic acids is 1. The van der Waals surface area contributed by atoms with Gasteiger partial charge in [-0.15, -0.1) is 0 Å². The normalized spacial score (nSPS) is 11.8. The minimum Gasteiger partial charge on any atom is -0.474 e. The minimum absolute atomic E-state index is 0.0934. The number of nitrogens with zero attached hydrogens (tertiary/aromatic N) is 1. The number of quaternary nitrogens is 1. The summed E-state index contributed by atoms with van der Waals surface area (Å²) in [5.41, 5.74) is 4.55. The van der Waals surface area contributed by atoms with E-state index in [1.807, 2.05) is 30.3 Å². The molecule has 0 saturated carbocycles. The van der Waals surface area contributed by atoms with E-state index in [0.29, 0.717) is 0 Å². The lowest BCUT2D eigenvalue weighted by atomic mass is 10.1. The van der Waals surface area contributed by atoms with Crippen molar-refractivity contribution in [2.45, 2.75) is 6.42 Å². The molecule has 6 N–H and O–H groups in total. The Morgan fingerprint density at radius 1 is 1.14 bits per heavy atom. The van der Waals surface area contributed by atoms with Crippen LogP contribution in [0.4, 0.5) is 10.1 Å². The lowest BCUT2D eigenvalue weighted by molar-refractivity contribution is -0.304. The highest BCUT2D eigenvalue weighted by atomic mass is 19.1. The fourth-order valence-corrected chi connectivity index (χ4v) is 2.04. The smallest absolute Gasteiger partial charge is 0.392 e. The van der Waals surface area contributed by atoms with Crippen LogP contribution in [0.1, 0.15) is 5.56 Å². The number of allylic oxidation sites excluding steroid dienone is 1. The highest BCUT2D eigenvalue weighted by Gasteiger charge is 2.22. The number of anilines is 1. The van der Waals surface area contributed by atoms with Crippen molar-refractivity contribution < 1.29 is 20.0 Å². The molecule has 0 fully saturated rings. The Hall–Kier alpha value is -2.70. The van der Waals surface area contributed by atoms with Crippen LogP contribution in [0.2, 0.25) is 0 Å². The number of para-hydroxylation sites is 1. The second-order valence-electron chi connectivity index (χ2n) is 4.71. The predicted molar refractivity (Wildman–Crippen MR) is 80.8 cm³/mol. The molecule has 6 heteroatoms. The summed E-state index contributed by atoms with van der Waals surface area (Å²) in [6.45, 7) is 0. The van der Waals surface area contributed by atoms with Crippen LogP contribution in [0, 0.1) is 5.82 Å². The number of carboxylic acids is 1. The van der Waals surface area contributed by atoms with Gasteiger partial charge in [-0.05, 0) is 17.7 Å². The molecule has 2 aromatic carbocycles. The van der Waals surface area contributed by atoms with Crippen LogP contribution in [-0.4, -0.2) is 11.1 Å². The minimum atomic E-state index is -1.20. The summed E-state index contributed by atoms with van der Waals surface area (Å²) in [5.74, 6) is 4.23. The van der Waals surface area contributed by atoms with Crippen LogP contribution in [0.15, 0.2) is 66.0 Å². The molecule has 0 radical (unpaired) electrons. The average molecular weight is 302 g/mol. The molecule has 0 bridgehead atoms. The largest absolute Gasteiger partial charge is 0.474 e. The maximum atomic E-state index is 13.9. The van der Waals surface area contributed by atoms with Gasteiger partial charge in [-0.2, -0.15) is 0 Å². The second-order valence-corrected chi connectivity index (χ2v) is 4.71. The molecule has 0 atom stereocenters. The maximum Gasteiger partial charge on any atom is 0.392 e. The van der Waals surface area contributed by atoms with Crippen molar-refractivity contribution in [1.29, 1.82) is 0 Å². The SMILES string of the molecule is NN(C(Cc1ccccc1)=C([NH3+])C(=O)O)c1ccccc1F. The summed E-state index contributed by atoms with van der Waals surface area (Å²) in [4.78, 5) is 11.3. The van der Waals surface area contributed by atoms with Crippen LogP contribution in [0.25, 0.3) is 0 Å². The molecule has 0 aliphatic rings. The van der Waals surface area contributed by atoms with Gasteiger partial charge in [0, 0.05) is 6.42 Å². The molecule has 0 amide bonds. The predicted octanol–water partition coefficient (Wildman–Crippen LogP) is 1.29. The molecule has 0 aliphatic heterocycles. The van der Waals surface area contributed by atoms with E-state index < -0.39 is 11.8 Å². The van der Waals surface area contributed by atoms with Crippen molar-refractivity contribution in [3.05, 3.63) is 77.4 Å². The van der Waals surface area contributed by atoms with E-state index in [1.54, 1.807) is 6.07 Å². The summed E-state index contributed by atoms with van der Waals surface area (Å²) in [5, 5.41) is 10.2. The summed E-state index contributed by atoms with van der Waals surface area (Å²) in [6, 6.07) is 15.1. The van der Waals surface area contributed by atoms with Gasteiger partial charge in [0.2, 0.25) is 5.70 Å². The van der Waals surface area contributed by atoms with Crippen LogP contribution < -0.4 is 16.6 Å². The summed E-state index contributed by atoms with van der Waals surface area (Å²) in [6.07, 6.45) is 0.233. The van der Waals surface area contributed by atoms with Crippen molar-refractivity contribution in [2.75, 3.05) is 5.01 Å². The summed E-state index contributed by atoms with van der Waals surface area (Å²) < 4.78 is 13.9. The van der Waals surface area contributed by atoms with Gasteiger partial charge in [-0.1, -0.05) is 42.5 Å². The summed E-state index contributed by atoms with van der Waals surface area (Å²) >= 11 is 0. The van der Waals surface area contributed by atoms with Gasteiger partial charge in [0.15, 0.2) is 0 Å². The number of hydrazine groups is 1. The van der Waals surface area contributed by atoms with E-state index in [0.717, 1.165) is 10.6 Å². The first-order chi connectivity index (χ1) is 10.5. The topological polar surface area (TPSA) is 94.2 Å². The number of nitrogens with two attached hydrogens (primary N) is 1. The Kier molecular flexibility index (Phi) is 4.88. The molecule has 2 aromatic rings. The fraction of sp³-hybridized carbons (Fsp3) is 0.0625. The molecule has 0 spiro atoms. The first-order valence-corrected chi connectivity index (χ1v) is 6.62. The van der Waals surface area contributed by atoms with E-state index >= 15 is 0 Å². The van der Waals surface area contributed by atoms with E-state index in [4.69, 9.17) is 5.84 Å². The van der Waals surface area contributed by atoms with Crippen molar-refractivity contribution in [1.82, 2.24) is 0 Å². The monoisotopic (exact) mass is 302 g/mol. The first-order valence-electron chi connectivity index (χ1n) is 6.62. The first kappa shape index (κ1) is 15.7. The lowest BCUT2D eigenvalue weighted by Gasteiger charge is -2.22. The second kappa shape index (κ2) is 6.84. The Morgan fingerprint density at radius 3 is 2.32 bits per heavy atom. The Balaban J connectivity index is 2.44. The number of halogens is 1. The Labute approximate surface area is 127 Å². The van der Waals surface area contributed by atoms with Crippen molar-refractivity contribution >= 4 is 11.7 Å². The van der Waals surface area contributed by atoms with Gasteiger partial charge in [0.05, 0.1) is 5.69 Å². The average Bonchev–Trinajstić information content (AvgIpc) is 2.52.